The third-order valence-corrected chi connectivity index (χ3v) is 9.58. The number of esters is 1. The number of amides is 1. The van der Waals surface area contributed by atoms with Gasteiger partial charge in [0.2, 0.25) is 5.91 Å². The van der Waals surface area contributed by atoms with Gasteiger partial charge in [0.15, 0.2) is 0 Å². The zero-order valence-electron chi connectivity index (χ0n) is 19.7. The van der Waals surface area contributed by atoms with E-state index in [4.69, 9.17) is 10.5 Å². The van der Waals surface area contributed by atoms with E-state index in [1.165, 1.54) is 0 Å². The SMILES string of the molecule is CCC(C)C(NC)C(=O)OC12CC3C[C@H](C1)CC([C@H](N)C(=O)N1C4CC4C[C@H]1C#N)(C3)C2. The van der Waals surface area contributed by atoms with Crippen LogP contribution in [0.4, 0.5) is 0 Å². The maximum Gasteiger partial charge on any atom is 0.323 e. The molecule has 0 radical (unpaired) electrons. The van der Waals surface area contributed by atoms with Crippen molar-refractivity contribution in [1.29, 1.82) is 5.26 Å². The van der Waals surface area contributed by atoms with Crippen LogP contribution in [0.1, 0.15) is 71.6 Å². The van der Waals surface area contributed by atoms with Crippen LogP contribution in [0.5, 0.6) is 0 Å². The van der Waals surface area contributed by atoms with Crippen LogP contribution in [0.15, 0.2) is 0 Å². The third-order valence-electron chi connectivity index (χ3n) is 9.58. The minimum absolute atomic E-state index is 0.0438. The van der Waals surface area contributed by atoms with Crippen LogP contribution >= 0.6 is 0 Å². The highest BCUT2D eigenvalue weighted by Crippen LogP contribution is 2.64. The van der Waals surface area contributed by atoms with Crippen LogP contribution in [0.25, 0.3) is 0 Å². The highest BCUT2D eigenvalue weighted by atomic mass is 16.6. The summed E-state index contributed by atoms with van der Waals surface area (Å²) in [4.78, 5) is 28.6. The number of nitrogens with two attached hydrogens (primary N) is 1. The fourth-order valence-corrected chi connectivity index (χ4v) is 8.19. The summed E-state index contributed by atoms with van der Waals surface area (Å²) in [6.07, 6.45) is 8.21. The van der Waals surface area contributed by atoms with Gasteiger partial charge in [-0.15, -0.1) is 0 Å². The molecule has 1 amide bonds. The maximum atomic E-state index is 13.6. The van der Waals surface area contributed by atoms with Crippen molar-refractivity contribution in [3.63, 3.8) is 0 Å². The van der Waals surface area contributed by atoms with Gasteiger partial charge in [0, 0.05) is 6.04 Å². The third kappa shape index (κ3) is 3.37. The first-order chi connectivity index (χ1) is 15.2. The summed E-state index contributed by atoms with van der Waals surface area (Å²) >= 11 is 0. The molecule has 3 N–H and O–H groups in total. The number of piperidine rings is 1. The first-order valence-corrected chi connectivity index (χ1v) is 12.6. The summed E-state index contributed by atoms with van der Waals surface area (Å²) in [6, 6.07) is 1.28. The van der Waals surface area contributed by atoms with Crippen molar-refractivity contribution in [2.45, 2.75) is 101 Å². The lowest BCUT2D eigenvalue weighted by Crippen LogP contribution is -2.66. The lowest BCUT2D eigenvalue weighted by atomic mass is 9.46. The van der Waals surface area contributed by atoms with Gasteiger partial charge in [0.25, 0.3) is 0 Å². The Morgan fingerprint density at radius 1 is 1.22 bits per heavy atom. The van der Waals surface area contributed by atoms with Gasteiger partial charge in [-0.1, -0.05) is 20.3 Å². The van der Waals surface area contributed by atoms with Gasteiger partial charge < -0.3 is 20.7 Å². The molecule has 1 heterocycles. The molecule has 5 aliphatic carbocycles. The number of nitriles is 1. The minimum Gasteiger partial charge on any atom is -0.458 e. The van der Waals surface area contributed by atoms with E-state index in [0.29, 0.717) is 24.2 Å². The molecule has 0 spiro atoms. The largest absolute Gasteiger partial charge is 0.458 e. The summed E-state index contributed by atoms with van der Waals surface area (Å²) in [5.74, 6) is 1.39. The summed E-state index contributed by atoms with van der Waals surface area (Å²) in [5, 5.41) is 12.7. The first-order valence-electron chi connectivity index (χ1n) is 12.6. The Morgan fingerprint density at radius 3 is 2.50 bits per heavy atom. The van der Waals surface area contributed by atoms with Gasteiger partial charge in [-0.25, -0.2) is 0 Å². The molecule has 6 fully saturated rings. The Bertz CT molecular complexity index is 824. The second kappa shape index (κ2) is 7.70. The van der Waals surface area contributed by atoms with Gasteiger partial charge in [0.05, 0.1) is 12.1 Å². The molecule has 0 aromatic carbocycles. The van der Waals surface area contributed by atoms with Crippen molar-refractivity contribution in [3.05, 3.63) is 0 Å². The van der Waals surface area contributed by atoms with Crippen LogP contribution in [-0.2, 0) is 14.3 Å². The highest BCUT2D eigenvalue weighted by Gasteiger charge is 2.64. The Kier molecular flexibility index (Phi) is 5.33. The Balaban J connectivity index is 1.37. The fraction of sp³-hybridized carbons (Fsp3) is 0.880. The number of rotatable bonds is 7. The Hall–Kier alpha value is -1.65. The van der Waals surface area contributed by atoms with Gasteiger partial charge in [-0.05, 0) is 87.5 Å². The fourth-order valence-electron chi connectivity index (χ4n) is 8.19. The van der Waals surface area contributed by atoms with E-state index in [-0.39, 0.29) is 41.3 Å². The average Bonchev–Trinajstić information content (AvgIpc) is 3.41. The van der Waals surface area contributed by atoms with E-state index in [9.17, 15) is 14.9 Å². The van der Waals surface area contributed by atoms with Crippen molar-refractivity contribution in [1.82, 2.24) is 10.2 Å². The smallest absolute Gasteiger partial charge is 0.323 e. The molecular weight excluding hydrogens is 404 g/mol. The van der Waals surface area contributed by atoms with E-state index in [1.807, 2.05) is 11.9 Å². The molecule has 4 bridgehead atoms. The average molecular weight is 443 g/mol. The Morgan fingerprint density at radius 2 is 1.91 bits per heavy atom. The van der Waals surface area contributed by atoms with Crippen molar-refractivity contribution in [2.75, 3.05) is 7.05 Å². The lowest BCUT2D eigenvalue weighted by molar-refractivity contribution is -0.208. The summed E-state index contributed by atoms with van der Waals surface area (Å²) in [7, 11) is 1.82. The normalized spacial score (nSPS) is 43.8. The van der Waals surface area contributed by atoms with Crippen molar-refractivity contribution >= 4 is 11.9 Å². The number of hydrogen-bond donors (Lipinski definition) is 2. The number of likely N-dealkylation sites (N-methyl/N-ethyl adjacent to an activating group) is 1. The van der Waals surface area contributed by atoms with Crippen LogP contribution in [0, 0.1) is 40.4 Å². The molecule has 6 aliphatic rings. The minimum atomic E-state index is -0.615. The lowest BCUT2D eigenvalue weighted by Gasteiger charge is -2.62. The topological polar surface area (TPSA) is 108 Å². The van der Waals surface area contributed by atoms with Crippen LogP contribution in [0.2, 0.25) is 0 Å². The molecule has 0 aromatic rings. The molecule has 7 heteroatoms. The summed E-state index contributed by atoms with van der Waals surface area (Å²) < 4.78 is 6.34. The van der Waals surface area contributed by atoms with Crippen molar-refractivity contribution < 1.29 is 14.3 Å². The van der Waals surface area contributed by atoms with E-state index in [2.05, 4.69) is 25.2 Å². The molecule has 0 aromatic heterocycles. The molecule has 32 heavy (non-hydrogen) atoms. The summed E-state index contributed by atoms with van der Waals surface area (Å²) in [6.45, 7) is 4.16. The molecule has 7 unspecified atom stereocenters. The van der Waals surface area contributed by atoms with Gasteiger partial charge >= 0.3 is 5.97 Å². The zero-order chi connectivity index (χ0) is 22.8. The van der Waals surface area contributed by atoms with Gasteiger partial charge in [-0.3, -0.25) is 9.59 Å². The number of hydrogen-bond acceptors (Lipinski definition) is 6. The first kappa shape index (κ1) is 22.2. The number of carbonyl (C=O) groups is 2. The van der Waals surface area contributed by atoms with E-state index in [0.717, 1.165) is 51.4 Å². The standard InChI is InChI=1S/C25H38N4O3/c1-4-14(2)20(28-3)23(31)32-25-10-15-5-16(11-25)9-24(8-15,13-25)21(27)22(30)29-18(12-26)6-17-7-19(17)29/h14-21,28H,4-11,13,27H2,1-3H3/t14?,15-,16?,17?,18-,19?,20?,21+,24?,25?/m0/s1. The van der Waals surface area contributed by atoms with Crippen LogP contribution < -0.4 is 11.1 Å². The second-order valence-corrected chi connectivity index (χ2v) is 11.7. The number of carbonyl (C=O) groups excluding carboxylic acids is 2. The maximum absolute atomic E-state index is 13.6. The second-order valence-electron chi connectivity index (χ2n) is 11.7. The molecule has 1 saturated heterocycles. The molecule has 1 aliphatic heterocycles. The number of likely N-dealkylation sites (tertiary alicyclic amines) is 1. The quantitative estimate of drug-likeness (QED) is 0.586. The number of nitrogens with one attached hydrogen (secondary N) is 1. The monoisotopic (exact) mass is 442 g/mol. The van der Waals surface area contributed by atoms with E-state index < -0.39 is 11.6 Å². The zero-order valence-corrected chi connectivity index (χ0v) is 19.7. The van der Waals surface area contributed by atoms with E-state index >= 15 is 0 Å². The summed E-state index contributed by atoms with van der Waals surface area (Å²) in [5.41, 5.74) is 5.97. The molecular formula is C25H38N4O3. The molecule has 6 rings (SSSR count). The van der Waals surface area contributed by atoms with Crippen LogP contribution in [0.3, 0.4) is 0 Å². The van der Waals surface area contributed by atoms with Gasteiger partial charge in [-0.2, -0.15) is 5.26 Å². The molecule has 10 atom stereocenters. The van der Waals surface area contributed by atoms with Crippen LogP contribution in [-0.4, -0.2) is 53.6 Å². The Labute approximate surface area is 191 Å². The molecule has 7 nitrogen and oxygen atoms in total. The number of fused-ring (bicyclic) bond motifs is 1. The predicted octanol–water partition coefficient (Wildman–Crippen LogP) is 2.34. The van der Waals surface area contributed by atoms with Gasteiger partial charge in [0.1, 0.15) is 17.7 Å². The molecule has 5 saturated carbocycles. The van der Waals surface area contributed by atoms with Crippen molar-refractivity contribution in [2.24, 2.45) is 34.8 Å². The number of ether oxygens (including phenoxy) is 1. The molecule has 176 valence electrons. The number of nitrogens with zero attached hydrogens (tertiary/aromatic N) is 2. The van der Waals surface area contributed by atoms with E-state index in [1.54, 1.807) is 0 Å². The highest BCUT2D eigenvalue weighted by molar-refractivity contribution is 5.84. The predicted molar refractivity (Wildman–Crippen MR) is 119 cm³/mol. The van der Waals surface area contributed by atoms with Crippen molar-refractivity contribution in [3.8, 4) is 6.07 Å².